The molecule has 0 unspecified atom stereocenters. The van der Waals surface area contributed by atoms with Crippen LogP contribution in [0.3, 0.4) is 0 Å². The molecule has 0 aliphatic rings. The number of rotatable bonds is 3. The summed E-state index contributed by atoms with van der Waals surface area (Å²) in [6.45, 7) is 3.20. The predicted octanol–water partition coefficient (Wildman–Crippen LogP) is 2.28. The summed E-state index contributed by atoms with van der Waals surface area (Å²) in [5, 5.41) is 7.10. The van der Waals surface area contributed by atoms with E-state index < -0.39 is 11.5 Å². The Bertz CT molecular complexity index is 989. The van der Waals surface area contributed by atoms with E-state index in [1.165, 1.54) is 28.9 Å². The number of aromatic nitrogens is 2. The van der Waals surface area contributed by atoms with E-state index in [-0.39, 0.29) is 11.5 Å². The van der Waals surface area contributed by atoms with Crippen molar-refractivity contribution in [1.82, 2.24) is 9.38 Å². The number of anilines is 2. The molecule has 2 N–H and O–H groups in total. The van der Waals surface area contributed by atoms with Crippen LogP contribution in [0.15, 0.2) is 40.6 Å². The third-order valence-corrected chi connectivity index (χ3v) is 4.28. The summed E-state index contributed by atoms with van der Waals surface area (Å²) >= 11 is 1.34. The van der Waals surface area contributed by atoms with Gasteiger partial charge in [-0.3, -0.25) is 18.8 Å². The molecule has 1 aromatic carbocycles. The molecule has 24 heavy (non-hydrogen) atoms. The minimum atomic E-state index is -0.528. The molecule has 2 amide bonds. The van der Waals surface area contributed by atoms with E-state index in [0.29, 0.717) is 16.3 Å². The molecule has 2 heterocycles. The largest absolute Gasteiger partial charge is 0.326 e. The Morgan fingerprint density at radius 2 is 1.75 bits per heavy atom. The van der Waals surface area contributed by atoms with Crippen LogP contribution in [-0.4, -0.2) is 21.2 Å². The highest BCUT2D eigenvalue weighted by Crippen LogP contribution is 2.15. The number of benzene rings is 1. The molecule has 0 saturated carbocycles. The molecule has 0 spiro atoms. The summed E-state index contributed by atoms with van der Waals surface area (Å²) in [6.07, 6.45) is 1.29. The average molecular weight is 342 g/mol. The molecule has 0 saturated heterocycles. The van der Waals surface area contributed by atoms with E-state index in [4.69, 9.17) is 0 Å². The number of fused-ring (bicyclic) bond motifs is 1. The molecule has 0 bridgehead atoms. The first-order valence-corrected chi connectivity index (χ1v) is 7.98. The molecule has 0 aliphatic heterocycles. The van der Waals surface area contributed by atoms with E-state index in [9.17, 15) is 14.4 Å². The molecule has 3 rings (SSSR count). The summed E-state index contributed by atoms with van der Waals surface area (Å²) in [5.74, 6) is -0.704. The maximum atomic E-state index is 12.4. The Hall–Kier alpha value is -3.00. The van der Waals surface area contributed by atoms with Crippen LogP contribution in [0.25, 0.3) is 4.96 Å². The van der Waals surface area contributed by atoms with Crippen molar-refractivity contribution >= 4 is 39.5 Å². The van der Waals surface area contributed by atoms with Gasteiger partial charge in [0.1, 0.15) is 5.56 Å². The van der Waals surface area contributed by atoms with Gasteiger partial charge >= 0.3 is 0 Å². The average Bonchev–Trinajstić information content (AvgIpc) is 2.91. The van der Waals surface area contributed by atoms with Gasteiger partial charge in [-0.2, -0.15) is 0 Å². The summed E-state index contributed by atoms with van der Waals surface area (Å²) in [4.78, 5) is 40.5. The third-order valence-electron chi connectivity index (χ3n) is 3.32. The number of thiazole rings is 1. The zero-order valence-electron chi connectivity index (χ0n) is 13.0. The van der Waals surface area contributed by atoms with Gasteiger partial charge < -0.3 is 10.6 Å². The Morgan fingerprint density at radius 3 is 2.38 bits per heavy atom. The van der Waals surface area contributed by atoms with Crippen molar-refractivity contribution < 1.29 is 9.59 Å². The number of carbonyl (C=O) groups excluding carboxylic acids is 2. The first-order valence-electron chi connectivity index (χ1n) is 7.10. The summed E-state index contributed by atoms with van der Waals surface area (Å²) in [7, 11) is 0. The minimum absolute atomic E-state index is 0.0278. The number of hydrogen-bond acceptors (Lipinski definition) is 5. The lowest BCUT2D eigenvalue weighted by atomic mass is 10.2. The highest BCUT2D eigenvalue weighted by molar-refractivity contribution is 7.15. The molecule has 0 atom stereocenters. The van der Waals surface area contributed by atoms with Crippen LogP contribution in [-0.2, 0) is 4.79 Å². The molecule has 2 aromatic heterocycles. The maximum Gasteiger partial charge on any atom is 0.271 e. The molecular weight excluding hydrogens is 328 g/mol. The molecule has 0 radical (unpaired) electrons. The first-order chi connectivity index (χ1) is 11.5. The second kappa shape index (κ2) is 6.25. The highest BCUT2D eigenvalue weighted by Gasteiger charge is 2.15. The molecular formula is C16H14N4O3S. The van der Waals surface area contributed by atoms with E-state index in [2.05, 4.69) is 15.6 Å². The maximum absolute atomic E-state index is 12.4. The van der Waals surface area contributed by atoms with Crippen LogP contribution >= 0.6 is 11.3 Å². The first kappa shape index (κ1) is 15.9. The molecule has 3 aromatic rings. The van der Waals surface area contributed by atoms with Gasteiger partial charge in [0.2, 0.25) is 5.91 Å². The summed E-state index contributed by atoms with van der Waals surface area (Å²) in [5.41, 5.74) is 1.45. The Balaban J connectivity index is 1.85. The van der Waals surface area contributed by atoms with E-state index in [1.807, 2.05) is 5.38 Å². The number of aryl methyl sites for hydroxylation is 1. The van der Waals surface area contributed by atoms with Gasteiger partial charge in [-0.25, -0.2) is 4.98 Å². The van der Waals surface area contributed by atoms with Gasteiger partial charge in [0, 0.05) is 35.6 Å². The zero-order valence-corrected chi connectivity index (χ0v) is 13.8. The van der Waals surface area contributed by atoms with Gasteiger partial charge in [0.05, 0.1) is 0 Å². The fraction of sp³-hybridized carbons (Fsp3) is 0.125. The van der Waals surface area contributed by atoms with Crippen LogP contribution in [0, 0.1) is 6.92 Å². The van der Waals surface area contributed by atoms with Crippen molar-refractivity contribution in [2.45, 2.75) is 13.8 Å². The fourth-order valence-corrected chi connectivity index (χ4v) is 3.05. The fourth-order valence-electron chi connectivity index (χ4n) is 2.22. The van der Waals surface area contributed by atoms with Crippen molar-refractivity contribution in [3.63, 3.8) is 0 Å². The van der Waals surface area contributed by atoms with Gasteiger partial charge in [0.25, 0.3) is 11.5 Å². The number of nitrogens with zero attached hydrogens (tertiary/aromatic N) is 2. The molecule has 0 fully saturated rings. The second-order valence-electron chi connectivity index (χ2n) is 5.18. The smallest absolute Gasteiger partial charge is 0.271 e. The van der Waals surface area contributed by atoms with Crippen LogP contribution in [0.4, 0.5) is 11.4 Å². The van der Waals surface area contributed by atoms with Gasteiger partial charge in [-0.05, 0) is 31.2 Å². The van der Waals surface area contributed by atoms with Gasteiger partial charge in [0.15, 0.2) is 4.96 Å². The minimum Gasteiger partial charge on any atom is -0.326 e. The lowest BCUT2D eigenvalue weighted by Gasteiger charge is -2.07. The standard InChI is InChI=1S/C16H14N4O3S/c1-9-8-24-16-17-7-13(15(23)20(9)16)14(22)19-12-5-3-11(4-6-12)18-10(2)21/h3-8H,1-2H3,(H,18,21)(H,19,22). The van der Waals surface area contributed by atoms with Gasteiger partial charge in [-0.1, -0.05) is 0 Å². The number of hydrogen-bond donors (Lipinski definition) is 2. The SMILES string of the molecule is CC(=O)Nc1ccc(NC(=O)c2cnc3scc(C)n3c2=O)cc1. The molecule has 122 valence electrons. The zero-order chi connectivity index (χ0) is 17.3. The van der Waals surface area contributed by atoms with Crippen LogP contribution in [0.5, 0.6) is 0 Å². The van der Waals surface area contributed by atoms with Crippen molar-refractivity contribution in [2.75, 3.05) is 10.6 Å². The number of amides is 2. The quantitative estimate of drug-likeness (QED) is 0.764. The van der Waals surface area contributed by atoms with E-state index in [0.717, 1.165) is 5.69 Å². The van der Waals surface area contributed by atoms with Crippen LogP contribution in [0.2, 0.25) is 0 Å². The van der Waals surface area contributed by atoms with E-state index >= 15 is 0 Å². The molecule has 0 aliphatic carbocycles. The molecule has 8 heteroatoms. The van der Waals surface area contributed by atoms with Crippen molar-refractivity contribution in [3.8, 4) is 0 Å². The summed E-state index contributed by atoms with van der Waals surface area (Å²) < 4.78 is 1.42. The Kier molecular flexibility index (Phi) is 4.13. The summed E-state index contributed by atoms with van der Waals surface area (Å²) in [6, 6.07) is 6.61. The van der Waals surface area contributed by atoms with Crippen molar-refractivity contribution in [1.29, 1.82) is 0 Å². The Labute approximate surface area is 141 Å². The highest BCUT2D eigenvalue weighted by atomic mass is 32.1. The van der Waals surface area contributed by atoms with Crippen LogP contribution in [0.1, 0.15) is 23.0 Å². The number of nitrogens with one attached hydrogen (secondary N) is 2. The normalized spacial score (nSPS) is 10.6. The van der Waals surface area contributed by atoms with Gasteiger partial charge in [-0.15, -0.1) is 11.3 Å². The second-order valence-corrected chi connectivity index (χ2v) is 6.02. The third kappa shape index (κ3) is 3.04. The molecule has 7 nitrogen and oxygen atoms in total. The number of carbonyl (C=O) groups is 2. The Morgan fingerprint density at radius 1 is 1.12 bits per heavy atom. The monoisotopic (exact) mass is 342 g/mol. The van der Waals surface area contributed by atoms with Crippen molar-refractivity contribution in [3.05, 3.63) is 57.5 Å². The predicted molar refractivity (Wildman–Crippen MR) is 92.8 cm³/mol. The lowest BCUT2D eigenvalue weighted by Crippen LogP contribution is -2.26. The topological polar surface area (TPSA) is 92.6 Å². The van der Waals surface area contributed by atoms with Crippen LogP contribution < -0.4 is 16.2 Å². The lowest BCUT2D eigenvalue weighted by molar-refractivity contribution is -0.114. The van der Waals surface area contributed by atoms with Crippen molar-refractivity contribution in [2.24, 2.45) is 0 Å². The van der Waals surface area contributed by atoms with E-state index in [1.54, 1.807) is 31.2 Å².